The van der Waals surface area contributed by atoms with Crippen LogP contribution in [0.3, 0.4) is 0 Å². The van der Waals surface area contributed by atoms with Crippen molar-refractivity contribution in [2.75, 3.05) is 32.0 Å². The molecule has 0 bridgehead atoms. The molecule has 3 N–H and O–H groups in total. The summed E-state index contributed by atoms with van der Waals surface area (Å²) in [6, 6.07) is 2.14. The van der Waals surface area contributed by atoms with Crippen LogP contribution in [0.5, 0.6) is 0 Å². The second kappa shape index (κ2) is 10.8. The number of piperidine rings is 1. The number of carbonyl (C=O) groups is 4. The number of rotatable bonds is 4. The maximum absolute atomic E-state index is 13.0. The minimum Gasteiger partial charge on any atom is -0.343 e. The maximum Gasteiger partial charge on any atom is 0.314 e. The number of nitrogens with zero attached hydrogens (tertiary/aromatic N) is 4. The SMILES string of the molecule is CC(=O)N1CC[C@H](NC(=O)C(=O)Nc2ccc(Br)cn2)[C@H](NC(=O)c2nc3c(s2)CN(C)CC3)C1. The first kappa shape index (κ1) is 25.2. The number of likely N-dealkylation sites (N-methyl/N-ethyl adjacent to an activating group) is 1. The van der Waals surface area contributed by atoms with E-state index in [2.05, 4.69) is 46.7 Å². The molecule has 0 radical (unpaired) electrons. The Bertz CT molecular complexity index is 1140. The zero-order chi connectivity index (χ0) is 25.1. The second-order valence-corrected chi connectivity index (χ2v) is 10.6. The van der Waals surface area contributed by atoms with Crippen molar-refractivity contribution >= 4 is 56.7 Å². The van der Waals surface area contributed by atoms with Gasteiger partial charge in [-0.25, -0.2) is 9.97 Å². The van der Waals surface area contributed by atoms with Gasteiger partial charge in [-0.05, 0) is 41.5 Å². The summed E-state index contributed by atoms with van der Waals surface area (Å²) in [7, 11) is 2.02. The number of halogens is 1. The average molecular weight is 564 g/mol. The standard InChI is InChI=1S/C22H26BrN7O4S/c1-12(31)30-8-6-14(25-19(32)20(33)28-18-4-3-13(23)9-24-18)16(10-30)26-21(34)22-27-15-5-7-29(2)11-17(15)35-22/h3-4,9,14,16H,5-8,10-11H2,1-2H3,(H,25,32)(H,26,34)(H,24,28,33)/t14-,16+/m0/s1. The van der Waals surface area contributed by atoms with Crippen molar-refractivity contribution in [3.8, 4) is 0 Å². The van der Waals surface area contributed by atoms with Gasteiger partial charge in [0.1, 0.15) is 5.82 Å². The Kier molecular flexibility index (Phi) is 7.77. The van der Waals surface area contributed by atoms with E-state index in [9.17, 15) is 19.2 Å². The highest BCUT2D eigenvalue weighted by atomic mass is 79.9. The Morgan fingerprint density at radius 1 is 1.11 bits per heavy atom. The summed E-state index contributed by atoms with van der Waals surface area (Å²) in [6.07, 6.45) is 2.68. The number of hydrogen-bond donors (Lipinski definition) is 3. The zero-order valence-corrected chi connectivity index (χ0v) is 21.7. The number of nitrogens with one attached hydrogen (secondary N) is 3. The second-order valence-electron chi connectivity index (χ2n) is 8.61. The minimum absolute atomic E-state index is 0.124. The summed E-state index contributed by atoms with van der Waals surface area (Å²) in [6.45, 7) is 3.72. The molecule has 0 aromatic carbocycles. The van der Waals surface area contributed by atoms with Crippen LogP contribution in [0.4, 0.5) is 5.82 Å². The average Bonchev–Trinajstić information content (AvgIpc) is 3.25. The van der Waals surface area contributed by atoms with Gasteiger partial charge < -0.3 is 25.8 Å². The molecule has 4 amide bonds. The predicted octanol–water partition coefficient (Wildman–Crippen LogP) is 0.763. The lowest BCUT2D eigenvalue weighted by Gasteiger charge is -2.38. The number of amides is 4. The number of pyridine rings is 1. The number of anilines is 1. The molecule has 4 heterocycles. The van der Waals surface area contributed by atoms with Crippen LogP contribution in [-0.4, -0.2) is 82.2 Å². The van der Waals surface area contributed by atoms with Gasteiger partial charge in [-0.1, -0.05) is 0 Å². The summed E-state index contributed by atoms with van der Waals surface area (Å²) < 4.78 is 0.740. The van der Waals surface area contributed by atoms with Crippen molar-refractivity contribution in [1.29, 1.82) is 0 Å². The maximum atomic E-state index is 13.0. The molecule has 1 saturated heterocycles. The molecule has 2 aliphatic heterocycles. The van der Waals surface area contributed by atoms with Crippen molar-refractivity contribution in [2.24, 2.45) is 0 Å². The molecule has 2 atom stereocenters. The number of fused-ring (bicyclic) bond motifs is 1. The fraction of sp³-hybridized carbons (Fsp3) is 0.455. The topological polar surface area (TPSA) is 137 Å². The van der Waals surface area contributed by atoms with Gasteiger partial charge >= 0.3 is 11.8 Å². The van der Waals surface area contributed by atoms with Gasteiger partial charge in [-0.2, -0.15) is 0 Å². The van der Waals surface area contributed by atoms with Crippen LogP contribution in [0, 0.1) is 0 Å². The molecule has 2 aromatic rings. The fourth-order valence-corrected chi connectivity index (χ4v) is 5.39. The van der Waals surface area contributed by atoms with Crippen molar-refractivity contribution in [2.45, 2.75) is 38.4 Å². The third kappa shape index (κ3) is 6.21. The highest BCUT2D eigenvalue weighted by molar-refractivity contribution is 9.10. The number of carbonyl (C=O) groups excluding carboxylic acids is 4. The third-order valence-corrected chi connectivity index (χ3v) is 7.53. The molecule has 2 aromatic heterocycles. The highest BCUT2D eigenvalue weighted by Crippen LogP contribution is 2.25. The number of hydrogen-bond acceptors (Lipinski definition) is 8. The van der Waals surface area contributed by atoms with E-state index in [-0.39, 0.29) is 24.2 Å². The van der Waals surface area contributed by atoms with Crippen molar-refractivity contribution in [1.82, 2.24) is 30.4 Å². The lowest BCUT2D eigenvalue weighted by atomic mass is 9.98. The minimum atomic E-state index is -0.865. The first-order chi connectivity index (χ1) is 16.7. The van der Waals surface area contributed by atoms with Crippen LogP contribution in [0.25, 0.3) is 0 Å². The summed E-state index contributed by atoms with van der Waals surface area (Å²) in [5.74, 6) is -1.95. The summed E-state index contributed by atoms with van der Waals surface area (Å²) in [4.78, 5) is 63.4. The molecule has 0 spiro atoms. The summed E-state index contributed by atoms with van der Waals surface area (Å²) in [5, 5.41) is 8.44. The van der Waals surface area contributed by atoms with E-state index in [1.807, 2.05) is 7.05 Å². The van der Waals surface area contributed by atoms with Crippen molar-refractivity contribution in [3.63, 3.8) is 0 Å². The van der Waals surface area contributed by atoms with Crippen LogP contribution in [0.1, 0.15) is 33.7 Å². The van der Waals surface area contributed by atoms with Gasteiger partial charge in [0.25, 0.3) is 5.91 Å². The lowest BCUT2D eigenvalue weighted by molar-refractivity contribution is -0.137. The van der Waals surface area contributed by atoms with Crippen molar-refractivity contribution < 1.29 is 19.2 Å². The Morgan fingerprint density at radius 3 is 2.63 bits per heavy atom. The Labute approximate surface area is 214 Å². The van der Waals surface area contributed by atoms with E-state index < -0.39 is 23.9 Å². The fourth-order valence-electron chi connectivity index (χ4n) is 4.06. The van der Waals surface area contributed by atoms with E-state index in [1.165, 1.54) is 24.5 Å². The first-order valence-electron chi connectivity index (χ1n) is 11.2. The van der Waals surface area contributed by atoms with Gasteiger partial charge in [0.15, 0.2) is 5.01 Å². The molecule has 0 saturated carbocycles. The quantitative estimate of drug-likeness (QED) is 0.467. The normalized spacial score (nSPS) is 20.0. The molecule has 2 aliphatic rings. The monoisotopic (exact) mass is 563 g/mol. The number of thiazole rings is 1. The Hall–Kier alpha value is -2.90. The molecule has 35 heavy (non-hydrogen) atoms. The lowest BCUT2D eigenvalue weighted by Crippen LogP contribution is -2.62. The van der Waals surface area contributed by atoms with Gasteiger partial charge in [-0.3, -0.25) is 19.2 Å². The molecule has 1 fully saturated rings. The van der Waals surface area contributed by atoms with Crippen LogP contribution in [0.15, 0.2) is 22.8 Å². The summed E-state index contributed by atoms with van der Waals surface area (Å²) in [5.41, 5.74) is 0.940. The van der Waals surface area contributed by atoms with Gasteiger partial charge in [0.05, 0.1) is 17.8 Å². The van der Waals surface area contributed by atoms with Crippen molar-refractivity contribution in [3.05, 3.63) is 38.4 Å². The van der Waals surface area contributed by atoms with Crippen LogP contribution in [0.2, 0.25) is 0 Å². The van der Waals surface area contributed by atoms with Gasteiger partial charge in [0, 0.05) is 55.1 Å². The van der Waals surface area contributed by atoms with E-state index in [0.29, 0.717) is 18.0 Å². The zero-order valence-electron chi connectivity index (χ0n) is 19.3. The number of likely N-dealkylation sites (tertiary alicyclic amines) is 1. The molecule has 11 nitrogen and oxygen atoms in total. The molecule has 4 rings (SSSR count). The molecule has 186 valence electrons. The summed E-state index contributed by atoms with van der Waals surface area (Å²) >= 11 is 4.62. The van der Waals surface area contributed by atoms with E-state index in [4.69, 9.17) is 0 Å². The van der Waals surface area contributed by atoms with Crippen LogP contribution < -0.4 is 16.0 Å². The van der Waals surface area contributed by atoms with E-state index in [1.54, 1.807) is 17.0 Å². The molecule has 0 aliphatic carbocycles. The Morgan fingerprint density at radius 2 is 1.91 bits per heavy atom. The van der Waals surface area contributed by atoms with Gasteiger partial charge in [-0.15, -0.1) is 11.3 Å². The van der Waals surface area contributed by atoms with Crippen LogP contribution in [-0.2, 0) is 27.3 Å². The predicted molar refractivity (Wildman–Crippen MR) is 133 cm³/mol. The van der Waals surface area contributed by atoms with Crippen LogP contribution >= 0.6 is 27.3 Å². The highest BCUT2D eigenvalue weighted by Gasteiger charge is 2.34. The van der Waals surface area contributed by atoms with E-state index >= 15 is 0 Å². The molecular formula is C22H26BrN7O4S. The largest absolute Gasteiger partial charge is 0.343 e. The molecular weight excluding hydrogens is 538 g/mol. The third-order valence-electron chi connectivity index (χ3n) is 5.98. The molecule has 13 heteroatoms. The number of aromatic nitrogens is 2. The van der Waals surface area contributed by atoms with E-state index in [0.717, 1.165) is 34.6 Å². The van der Waals surface area contributed by atoms with Gasteiger partial charge in [0.2, 0.25) is 5.91 Å². The Balaban J connectivity index is 1.43. The smallest absolute Gasteiger partial charge is 0.314 e. The first-order valence-corrected chi connectivity index (χ1v) is 12.8. The molecule has 0 unspecified atom stereocenters.